The fourth-order valence-electron chi connectivity index (χ4n) is 3.57. The zero-order chi connectivity index (χ0) is 26.7. The van der Waals surface area contributed by atoms with Crippen LogP contribution in [0.3, 0.4) is 0 Å². The molecule has 0 spiro atoms. The number of carbonyl (C=O) groups excluding carboxylic acids is 2. The van der Waals surface area contributed by atoms with E-state index in [2.05, 4.69) is 24.3 Å². The topological polar surface area (TPSA) is 99.5 Å². The first-order valence-electron chi connectivity index (χ1n) is 11.4. The van der Waals surface area contributed by atoms with Crippen LogP contribution in [0.5, 0.6) is 5.75 Å². The Morgan fingerprint density at radius 3 is 2.51 bits per heavy atom. The summed E-state index contributed by atoms with van der Waals surface area (Å²) in [7, 11) is 0. The molecule has 37 heavy (non-hydrogen) atoms. The molecule has 4 aromatic rings. The summed E-state index contributed by atoms with van der Waals surface area (Å²) < 4.78 is 11.8. The van der Waals surface area contributed by atoms with Gasteiger partial charge in [0.1, 0.15) is 10.8 Å². The number of hydrogen-bond donors (Lipinski definition) is 1. The monoisotopic (exact) mass is 559 g/mol. The molecule has 0 aliphatic carbocycles. The summed E-state index contributed by atoms with van der Waals surface area (Å²) in [5.41, 5.74) is 1.06. The van der Waals surface area contributed by atoms with Gasteiger partial charge >= 0.3 is 5.97 Å². The van der Waals surface area contributed by atoms with Crippen molar-refractivity contribution in [2.75, 3.05) is 18.5 Å². The van der Waals surface area contributed by atoms with Crippen molar-refractivity contribution < 1.29 is 19.1 Å². The number of benzene rings is 2. The summed E-state index contributed by atoms with van der Waals surface area (Å²) in [5.74, 6) is -0.592. The summed E-state index contributed by atoms with van der Waals surface area (Å²) in [6.07, 6.45) is 0. The maximum atomic E-state index is 13.5. The van der Waals surface area contributed by atoms with Gasteiger partial charge in [-0.3, -0.25) is 9.59 Å². The molecule has 1 N–H and O–H groups in total. The Balaban J connectivity index is 1.70. The van der Waals surface area contributed by atoms with Crippen LogP contribution >= 0.6 is 34.5 Å². The van der Waals surface area contributed by atoms with Gasteiger partial charge in [0.15, 0.2) is 12.3 Å². The molecule has 0 saturated heterocycles. The van der Waals surface area contributed by atoms with Crippen LogP contribution in [-0.2, 0) is 9.53 Å². The van der Waals surface area contributed by atoms with Gasteiger partial charge in [0, 0.05) is 15.8 Å². The number of thiophene rings is 1. The van der Waals surface area contributed by atoms with Gasteiger partial charge in [-0.15, -0.1) is 11.3 Å². The Bertz CT molecular complexity index is 1530. The van der Waals surface area contributed by atoms with Gasteiger partial charge in [-0.05, 0) is 48.7 Å². The standard InChI is InChI=1S/C26H23Cl2N3O5S/c1-4-35-26(34)23-18-13-37-24(29-21(32)12-36-20-10-7-16(27)11-19(20)28)22(18)25(33)31(30-23)17-8-5-15(6-9-17)14(2)3/h5-11,13-14H,4,12H2,1-3H3,(H,29,32). The minimum Gasteiger partial charge on any atom is -0.482 e. The lowest BCUT2D eigenvalue weighted by Gasteiger charge is -2.11. The highest BCUT2D eigenvalue weighted by Gasteiger charge is 2.23. The van der Waals surface area contributed by atoms with Crippen LogP contribution in [0.1, 0.15) is 42.7 Å². The zero-order valence-corrected chi connectivity index (χ0v) is 22.5. The summed E-state index contributed by atoms with van der Waals surface area (Å²) in [6, 6.07) is 12.0. The molecule has 11 heteroatoms. The van der Waals surface area contributed by atoms with E-state index in [0.29, 0.717) is 27.8 Å². The van der Waals surface area contributed by atoms with Crippen molar-refractivity contribution in [3.8, 4) is 11.4 Å². The third-order valence-corrected chi connectivity index (χ3v) is 6.86. The summed E-state index contributed by atoms with van der Waals surface area (Å²) in [6.45, 7) is 5.59. The molecule has 0 fully saturated rings. The predicted octanol–water partition coefficient (Wildman–Crippen LogP) is 6.07. The molecule has 0 saturated carbocycles. The normalized spacial score (nSPS) is 11.1. The first-order valence-corrected chi connectivity index (χ1v) is 13.0. The number of esters is 1. The Labute approximate surface area is 226 Å². The minimum absolute atomic E-state index is 0.0228. The smallest absolute Gasteiger partial charge is 0.359 e. The molecule has 2 aromatic carbocycles. The van der Waals surface area contributed by atoms with E-state index in [0.717, 1.165) is 21.6 Å². The highest BCUT2D eigenvalue weighted by Crippen LogP contribution is 2.31. The van der Waals surface area contributed by atoms with Gasteiger partial charge in [0.25, 0.3) is 11.5 Å². The average molecular weight is 560 g/mol. The third kappa shape index (κ3) is 5.79. The summed E-state index contributed by atoms with van der Waals surface area (Å²) >= 11 is 13.1. The number of rotatable bonds is 8. The van der Waals surface area contributed by atoms with Crippen LogP contribution in [0, 0.1) is 0 Å². The highest BCUT2D eigenvalue weighted by molar-refractivity contribution is 7.16. The molecule has 0 aliphatic rings. The van der Waals surface area contributed by atoms with Crippen molar-refractivity contribution in [3.63, 3.8) is 0 Å². The van der Waals surface area contributed by atoms with Gasteiger partial charge < -0.3 is 14.8 Å². The van der Waals surface area contributed by atoms with Crippen molar-refractivity contribution in [1.82, 2.24) is 9.78 Å². The second kappa shape index (κ2) is 11.3. The molecule has 2 heterocycles. The lowest BCUT2D eigenvalue weighted by Crippen LogP contribution is -2.26. The maximum Gasteiger partial charge on any atom is 0.359 e. The van der Waals surface area contributed by atoms with E-state index in [1.807, 2.05) is 12.1 Å². The van der Waals surface area contributed by atoms with Crippen LogP contribution in [0.2, 0.25) is 10.0 Å². The molecule has 0 aliphatic heterocycles. The minimum atomic E-state index is -0.670. The Kier molecular flexibility index (Phi) is 8.16. The Morgan fingerprint density at radius 1 is 1.14 bits per heavy atom. The molecule has 0 radical (unpaired) electrons. The van der Waals surface area contributed by atoms with Crippen molar-refractivity contribution >= 4 is 62.2 Å². The van der Waals surface area contributed by atoms with Crippen molar-refractivity contribution in [1.29, 1.82) is 0 Å². The molecule has 0 unspecified atom stereocenters. The highest BCUT2D eigenvalue weighted by atomic mass is 35.5. The number of fused-ring (bicyclic) bond motifs is 1. The van der Waals surface area contributed by atoms with Gasteiger partial charge in [-0.1, -0.05) is 49.2 Å². The number of aromatic nitrogens is 2. The van der Waals surface area contributed by atoms with Crippen LogP contribution in [0.25, 0.3) is 16.5 Å². The first kappa shape index (κ1) is 26.7. The van der Waals surface area contributed by atoms with Crippen LogP contribution in [0.15, 0.2) is 52.6 Å². The Morgan fingerprint density at radius 2 is 1.86 bits per heavy atom. The van der Waals surface area contributed by atoms with Gasteiger partial charge in [0.2, 0.25) is 0 Å². The second-order valence-electron chi connectivity index (χ2n) is 8.30. The molecule has 2 aromatic heterocycles. The molecular formula is C26H23Cl2N3O5S. The van der Waals surface area contributed by atoms with E-state index in [-0.39, 0.29) is 34.3 Å². The molecule has 0 atom stereocenters. The first-order chi connectivity index (χ1) is 17.7. The SMILES string of the molecule is CCOC(=O)c1nn(-c2ccc(C(C)C)cc2)c(=O)c2c(NC(=O)COc3ccc(Cl)cc3Cl)scc12. The summed E-state index contributed by atoms with van der Waals surface area (Å²) in [5, 5.41) is 10.0. The van der Waals surface area contributed by atoms with Gasteiger partial charge in [0.05, 0.1) is 22.7 Å². The number of carbonyl (C=O) groups is 2. The quantitative estimate of drug-likeness (QED) is 0.263. The van der Waals surface area contributed by atoms with E-state index < -0.39 is 17.4 Å². The van der Waals surface area contributed by atoms with E-state index in [1.54, 1.807) is 36.6 Å². The molecule has 0 bridgehead atoms. The van der Waals surface area contributed by atoms with E-state index >= 15 is 0 Å². The van der Waals surface area contributed by atoms with Gasteiger partial charge in [-0.2, -0.15) is 9.78 Å². The van der Waals surface area contributed by atoms with Crippen molar-refractivity contribution in [2.24, 2.45) is 0 Å². The number of ether oxygens (including phenoxy) is 2. The number of hydrogen-bond acceptors (Lipinski definition) is 7. The van der Waals surface area contributed by atoms with Crippen LogP contribution < -0.4 is 15.6 Å². The Hall–Kier alpha value is -3.40. The fourth-order valence-corrected chi connectivity index (χ4v) is 4.98. The van der Waals surface area contributed by atoms with Crippen molar-refractivity contribution in [2.45, 2.75) is 26.7 Å². The van der Waals surface area contributed by atoms with E-state index in [4.69, 9.17) is 32.7 Å². The number of nitrogens with zero attached hydrogens (tertiary/aromatic N) is 2. The summed E-state index contributed by atoms with van der Waals surface area (Å²) in [4.78, 5) is 38.9. The zero-order valence-electron chi connectivity index (χ0n) is 20.2. The van der Waals surface area contributed by atoms with Crippen LogP contribution in [0.4, 0.5) is 5.00 Å². The lowest BCUT2D eigenvalue weighted by molar-refractivity contribution is -0.118. The van der Waals surface area contributed by atoms with E-state index in [9.17, 15) is 14.4 Å². The number of halogens is 2. The predicted molar refractivity (Wildman–Crippen MR) is 146 cm³/mol. The molecule has 8 nitrogen and oxygen atoms in total. The molecular weight excluding hydrogens is 537 g/mol. The maximum absolute atomic E-state index is 13.5. The third-order valence-electron chi connectivity index (χ3n) is 5.43. The fraction of sp³-hybridized carbons (Fsp3) is 0.231. The lowest BCUT2D eigenvalue weighted by atomic mass is 10.0. The molecule has 1 amide bonds. The average Bonchev–Trinajstić information content (AvgIpc) is 3.28. The van der Waals surface area contributed by atoms with E-state index in [1.165, 1.54) is 6.07 Å². The molecule has 4 rings (SSSR count). The largest absolute Gasteiger partial charge is 0.482 e. The van der Waals surface area contributed by atoms with Gasteiger partial charge in [-0.25, -0.2) is 4.79 Å². The number of amides is 1. The van der Waals surface area contributed by atoms with Crippen LogP contribution in [-0.4, -0.2) is 34.9 Å². The van der Waals surface area contributed by atoms with Crippen molar-refractivity contribution in [3.05, 3.63) is 79.5 Å². The number of anilines is 1. The molecule has 192 valence electrons. The number of nitrogens with one attached hydrogen (secondary N) is 1. The second-order valence-corrected chi connectivity index (χ2v) is 10.0.